The van der Waals surface area contributed by atoms with Crippen molar-refractivity contribution in [2.24, 2.45) is 5.92 Å². The first kappa shape index (κ1) is 9.77. The molecule has 80 valence electrons. The second-order valence-electron chi connectivity index (χ2n) is 4.18. The molecule has 2 fully saturated rings. The molecule has 4 heteroatoms. The van der Waals surface area contributed by atoms with E-state index in [1.54, 1.807) is 0 Å². The number of carbonyl (C=O) groups excluding carboxylic acids is 1. The number of hydrogen-bond acceptors (Lipinski definition) is 2. The van der Waals surface area contributed by atoms with Crippen LogP contribution in [0.15, 0.2) is 0 Å². The maximum absolute atomic E-state index is 11.4. The van der Waals surface area contributed by atoms with Crippen molar-refractivity contribution in [2.45, 2.75) is 31.7 Å². The fourth-order valence-electron chi connectivity index (χ4n) is 1.64. The Balaban J connectivity index is 1.59. The van der Waals surface area contributed by atoms with Crippen LogP contribution in [-0.4, -0.2) is 31.8 Å². The van der Waals surface area contributed by atoms with Gasteiger partial charge in [-0.05, 0) is 31.6 Å². The van der Waals surface area contributed by atoms with Gasteiger partial charge in [-0.15, -0.1) is 0 Å². The van der Waals surface area contributed by atoms with Crippen LogP contribution in [0.1, 0.15) is 25.7 Å². The maximum atomic E-state index is 11.4. The molecule has 2 N–H and O–H groups in total. The molecule has 0 spiro atoms. The number of urea groups is 1. The Kier molecular flexibility index (Phi) is 3.24. The summed E-state index contributed by atoms with van der Waals surface area (Å²) in [6.07, 6.45) is 4.43. The summed E-state index contributed by atoms with van der Waals surface area (Å²) in [6, 6.07) is 0.298. The van der Waals surface area contributed by atoms with Crippen molar-refractivity contribution in [1.29, 1.82) is 0 Å². The van der Waals surface area contributed by atoms with E-state index in [2.05, 4.69) is 10.6 Å². The van der Waals surface area contributed by atoms with Gasteiger partial charge in [0.2, 0.25) is 0 Å². The van der Waals surface area contributed by atoms with Gasteiger partial charge in [0.1, 0.15) is 0 Å². The number of amides is 2. The number of ether oxygens (including phenoxy) is 1. The van der Waals surface area contributed by atoms with Gasteiger partial charge in [0.05, 0.1) is 0 Å². The van der Waals surface area contributed by atoms with E-state index in [-0.39, 0.29) is 6.03 Å². The normalized spacial score (nSPS) is 23.1. The molecule has 0 unspecified atom stereocenters. The summed E-state index contributed by atoms with van der Waals surface area (Å²) < 4.78 is 5.22. The third-order valence-electron chi connectivity index (χ3n) is 2.80. The molecule has 2 rings (SSSR count). The van der Waals surface area contributed by atoms with Crippen molar-refractivity contribution in [1.82, 2.24) is 10.6 Å². The van der Waals surface area contributed by atoms with Crippen molar-refractivity contribution < 1.29 is 9.53 Å². The van der Waals surface area contributed by atoms with Crippen molar-refractivity contribution in [3.05, 3.63) is 0 Å². The van der Waals surface area contributed by atoms with Gasteiger partial charge in [-0.2, -0.15) is 0 Å². The second kappa shape index (κ2) is 4.64. The van der Waals surface area contributed by atoms with Gasteiger partial charge in [-0.3, -0.25) is 0 Å². The summed E-state index contributed by atoms with van der Waals surface area (Å²) in [4.78, 5) is 11.4. The van der Waals surface area contributed by atoms with Crippen LogP contribution < -0.4 is 10.6 Å². The molecule has 2 aliphatic rings. The van der Waals surface area contributed by atoms with Crippen LogP contribution in [0.5, 0.6) is 0 Å². The van der Waals surface area contributed by atoms with Crippen molar-refractivity contribution in [2.75, 3.05) is 19.8 Å². The Bertz CT molecular complexity index is 198. The minimum absolute atomic E-state index is 0.0104. The van der Waals surface area contributed by atoms with E-state index in [0.717, 1.165) is 38.5 Å². The fourth-order valence-corrected chi connectivity index (χ4v) is 1.64. The summed E-state index contributed by atoms with van der Waals surface area (Å²) in [5.74, 6) is 0.746. The Morgan fingerprint density at radius 2 is 1.93 bits per heavy atom. The van der Waals surface area contributed by atoms with Crippen molar-refractivity contribution in [3.63, 3.8) is 0 Å². The van der Waals surface area contributed by atoms with Crippen LogP contribution in [0.2, 0.25) is 0 Å². The highest BCUT2D eigenvalue weighted by Gasteiger charge is 2.22. The van der Waals surface area contributed by atoms with Gasteiger partial charge in [0.25, 0.3) is 0 Å². The quantitative estimate of drug-likeness (QED) is 0.707. The summed E-state index contributed by atoms with van der Waals surface area (Å²) in [5, 5.41) is 5.87. The molecule has 0 aromatic carbocycles. The van der Waals surface area contributed by atoms with Gasteiger partial charge < -0.3 is 15.4 Å². The first-order chi connectivity index (χ1) is 6.84. The molecule has 0 aromatic rings. The van der Waals surface area contributed by atoms with Gasteiger partial charge in [0.15, 0.2) is 0 Å². The molecule has 0 aromatic heterocycles. The number of nitrogens with one attached hydrogen (secondary N) is 2. The summed E-state index contributed by atoms with van der Waals surface area (Å²) in [5.41, 5.74) is 0. The molecule has 1 aliphatic carbocycles. The van der Waals surface area contributed by atoms with Crippen LogP contribution in [0.3, 0.4) is 0 Å². The lowest BCUT2D eigenvalue weighted by Gasteiger charge is -2.23. The fraction of sp³-hybridized carbons (Fsp3) is 0.900. The summed E-state index contributed by atoms with van der Waals surface area (Å²) in [6.45, 7) is 2.39. The average Bonchev–Trinajstić information content (AvgIpc) is 3.00. The van der Waals surface area contributed by atoms with Crippen LogP contribution in [-0.2, 0) is 4.74 Å². The molecule has 0 radical (unpaired) electrons. The lowest BCUT2D eigenvalue weighted by molar-refractivity contribution is 0.0801. The van der Waals surface area contributed by atoms with E-state index in [4.69, 9.17) is 4.74 Å². The molecular formula is C10H18N2O2. The van der Waals surface area contributed by atoms with Crippen LogP contribution in [0.25, 0.3) is 0 Å². The minimum Gasteiger partial charge on any atom is -0.381 e. The number of rotatable bonds is 3. The van der Waals surface area contributed by atoms with E-state index in [1.807, 2.05) is 0 Å². The Labute approximate surface area is 84.4 Å². The van der Waals surface area contributed by atoms with Crippen molar-refractivity contribution in [3.8, 4) is 0 Å². The number of carbonyl (C=O) groups is 1. The van der Waals surface area contributed by atoms with Gasteiger partial charge >= 0.3 is 6.03 Å². The van der Waals surface area contributed by atoms with Gasteiger partial charge in [0, 0.05) is 25.8 Å². The van der Waals surface area contributed by atoms with E-state index >= 15 is 0 Å². The summed E-state index contributed by atoms with van der Waals surface area (Å²) in [7, 11) is 0. The predicted molar refractivity (Wildman–Crippen MR) is 53.1 cm³/mol. The molecular weight excluding hydrogens is 180 g/mol. The maximum Gasteiger partial charge on any atom is 0.315 e. The van der Waals surface area contributed by atoms with Crippen LogP contribution in [0.4, 0.5) is 4.79 Å². The molecule has 1 heterocycles. The molecule has 14 heavy (non-hydrogen) atoms. The smallest absolute Gasteiger partial charge is 0.315 e. The molecule has 2 amide bonds. The topological polar surface area (TPSA) is 50.4 Å². The molecule has 1 aliphatic heterocycles. The lowest BCUT2D eigenvalue weighted by Crippen LogP contribution is -2.44. The predicted octanol–water partition coefficient (Wildman–Crippen LogP) is 0.875. The monoisotopic (exact) mass is 198 g/mol. The van der Waals surface area contributed by atoms with E-state index in [1.165, 1.54) is 12.8 Å². The largest absolute Gasteiger partial charge is 0.381 e. The highest BCUT2D eigenvalue weighted by Crippen LogP contribution is 2.27. The molecule has 1 saturated carbocycles. The Hall–Kier alpha value is -0.770. The zero-order chi connectivity index (χ0) is 9.80. The van der Waals surface area contributed by atoms with Gasteiger partial charge in [-0.1, -0.05) is 0 Å². The zero-order valence-corrected chi connectivity index (χ0v) is 8.42. The van der Waals surface area contributed by atoms with Crippen LogP contribution >= 0.6 is 0 Å². The molecule has 0 bridgehead atoms. The standard InChI is InChI=1S/C10H18N2O2/c13-10(11-7-8-1-2-8)12-9-3-5-14-6-4-9/h8-9H,1-7H2,(H2,11,12,13). The first-order valence-corrected chi connectivity index (χ1v) is 5.46. The molecule has 0 atom stereocenters. The highest BCUT2D eigenvalue weighted by molar-refractivity contribution is 5.74. The third-order valence-corrected chi connectivity index (χ3v) is 2.80. The van der Waals surface area contributed by atoms with E-state index in [0.29, 0.717) is 6.04 Å². The zero-order valence-electron chi connectivity index (χ0n) is 8.42. The SMILES string of the molecule is O=C(NCC1CC1)NC1CCOCC1. The average molecular weight is 198 g/mol. The van der Waals surface area contributed by atoms with Crippen molar-refractivity contribution >= 4 is 6.03 Å². The second-order valence-corrected chi connectivity index (χ2v) is 4.18. The highest BCUT2D eigenvalue weighted by atomic mass is 16.5. The Morgan fingerprint density at radius 3 is 2.57 bits per heavy atom. The van der Waals surface area contributed by atoms with Gasteiger partial charge in [-0.25, -0.2) is 4.79 Å². The van der Waals surface area contributed by atoms with E-state index in [9.17, 15) is 4.79 Å². The minimum atomic E-state index is -0.0104. The molecule has 4 nitrogen and oxygen atoms in total. The first-order valence-electron chi connectivity index (χ1n) is 5.46. The number of hydrogen-bond donors (Lipinski definition) is 2. The van der Waals surface area contributed by atoms with E-state index < -0.39 is 0 Å². The molecule has 1 saturated heterocycles. The van der Waals surface area contributed by atoms with Crippen LogP contribution in [0, 0.1) is 5.92 Å². The lowest BCUT2D eigenvalue weighted by atomic mass is 10.1. The Morgan fingerprint density at radius 1 is 1.21 bits per heavy atom. The summed E-state index contributed by atoms with van der Waals surface area (Å²) >= 11 is 0. The third kappa shape index (κ3) is 3.18.